The minimum atomic E-state index is -0.601. The summed E-state index contributed by atoms with van der Waals surface area (Å²) in [6.07, 6.45) is 5.14. The molecule has 1 heterocycles. The summed E-state index contributed by atoms with van der Waals surface area (Å²) in [5.41, 5.74) is 0. The zero-order valence-electron chi connectivity index (χ0n) is 11.0. The van der Waals surface area contributed by atoms with E-state index in [4.69, 9.17) is 14.2 Å². The molecule has 2 fully saturated rings. The third-order valence-electron chi connectivity index (χ3n) is 4.22. The first-order chi connectivity index (χ1) is 9.15. The number of aliphatic hydroxyl groups is 1. The fourth-order valence-electron chi connectivity index (χ4n) is 3.23. The van der Waals surface area contributed by atoms with Crippen molar-refractivity contribution in [2.24, 2.45) is 17.8 Å². The van der Waals surface area contributed by atoms with E-state index in [1.165, 1.54) is 0 Å². The van der Waals surface area contributed by atoms with E-state index in [0.29, 0.717) is 13.0 Å². The molecule has 1 saturated heterocycles. The number of carbonyl (C=O) groups is 1. The molecule has 3 rings (SSSR count). The summed E-state index contributed by atoms with van der Waals surface area (Å²) >= 11 is 0. The van der Waals surface area contributed by atoms with Gasteiger partial charge in [-0.15, -0.1) is 0 Å². The second-order valence-corrected chi connectivity index (χ2v) is 5.54. The van der Waals surface area contributed by atoms with Gasteiger partial charge in [-0.3, -0.25) is 4.79 Å². The van der Waals surface area contributed by atoms with Crippen LogP contribution in [0.4, 0.5) is 0 Å². The Hall–Kier alpha value is -0.910. The van der Waals surface area contributed by atoms with Crippen LogP contribution in [0.1, 0.15) is 26.2 Å². The molecule has 0 aromatic rings. The van der Waals surface area contributed by atoms with Crippen molar-refractivity contribution in [3.05, 3.63) is 12.2 Å². The van der Waals surface area contributed by atoms with E-state index in [2.05, 4.69) is 0 Å². The van der Waals surface area contributed by atoms with Crippen LogP contribution in [0, 0.1) is 17.8 Å². The summed E-state index contributed by atoms with van der Waals surface area (Å²) in [4.78, 5) is 12.1. The fourth-order valence-corrected chi connectivity index (χ4v) is 3.23. The molecule has 5 heteroatoms. The molecule has 5 nitrogen and oxygen atoms in total. The molecule has 0 aromatic heterocycles. The molecular formula is C14H20O5. The first kappa shape index (κ1) is 13.1. The average molecular weight is 268 g/mol. The molecule has 1 aliphatic heterocycles. The maximum Gasteiger partial charge on any atom is 0.311 e. The zero-order valence-corrected chi connectivity index (χ0v) is 11.0. The lowest BCUT2D eigenvalue weighted by atomic mass is 9.94. The predicted octanol–water partition coefficient (Wildman–Crippen LogP) is 1.21. The molecule has 0 aromatic carbocycles. The van der Waals surface area contributed by atoms with Gasteiger partial charge in [-0.05, 0) is 19.8 Å². The van der Waals surface area contributed by atoms with Gasteiger partial charge < -0.3 is 19.3 Å². The lowest BCUT2D eigenvalue weighted by molar-refractivity contribution is -0.225. The number of hydrogen-bond donors (Lipinski definition) is 1. The molecule has 3 aliphatic rings. The summed E-state index contributed by atoms with van der Waals surface area (Å²) in [6, 6.07) is 0. The van der Waals surface area contributed by atoms with Gasteiger partial charge in [0, 0.05) is 24.9 Å². The zero-order chi connectivity index (χ0) is 13.4. The summed E-state index contributed by atoms with van der Waals surface area (Å²) in [5.74, 6) is -0.494. The second-order valence-electron chi connectivity index (χ2n) is 5.54. The molecule has 6 unspecified atom stereocenters. The van der Waals surface area contributed by atoms with Crippen molar-refractivity contribution in [3.63, 3.8) is 0 Å². The Balaban J connectivity index is 1.50. The van der Waals surface area contributed by atoms with E-state index in [0.717, 1.165) is 12.8 Å². The Morgan fingerprint density at radius 3 is 2.89 bits per heavy atom. The first-order valence-electron chi connectivity index (χ1n) is 6.99. The first-order valence-corrected chi connectivity index (χ1v) is 6.99. The number of esters is 1. The largest absolute Gasteiger partial charge is 0.436 e. The number of fused-ring (bicyclic) bond motifs is 2. The monoisotopic (exact) mass is 268 g/mol. The molecule has 6 atom stereocenters. The van der Waals surface area contributed by atoms with Gasteiger partial charge in [-0.25, -0.2) is 0 Å². The Bertz CT molecular complexity index is 374. The van der Waals surface area contributed by atoms with Gasteiger partial charge >= 0.3 is 5.97 Å². The molecule has 0 amide bonds. The normalized spacial score (nSPS) is 41.7. The maximum atomic E-state index is 12.1. The lowest BCUT2D eigenvalue weighted by Gasteiger charge is -2.22. The van der Waals surface area contributed by atoms with Crippen molar-refractivity contribution in [1.82, 2.24) is 0 Å². The third kappa shape index (κ3) is 2.55. The summed E-state index contributed by atoms with van der Waals surface area (Å²) in [5, 5.41) is 9.89. The van der Waals surface area contributed by atoms with Gasteiger partial charge in [0.05, 0.1) is 12.0 Å². The van der Waals surface area contributed by atoms with Gasteiger partial charge in [0.1, 0.15) is 0 Å². The van der Waals surface area contributed by atoms with Crippen LogP contribution < -0.4 is 0 Å². The highest BCUT2D eigenvalue weighted by Crippen LogP contribution is 2.44. The Morgan fingerprint density at radius 1 is 1.47 bits per heavy atom. The molecule has 1 saturated carbocycles. The highest BCUT2D eigenvalue weighted by atomic mass is 16.8. The predicted molar refractivity (Wildman–Crippen MR) is 65.8 cm³/mol. The van der Waals surface area contributed by atoms with E-state index in [1.807, 2.05) is 12.2 Å². The van der Waals surface area contributed by atoms with Crippen LogP contribution in [0.2, 0.25) is 0 Å². The minimum Gasteiger partial charge on any atom is -0.436 e. The SMILES string of the molecule is CC(OC(=O)C1CC2C=CC1C2O)OC1CCCO1. The molecule has 106 valence electrons. The van der Waals surface area contributed by atoms with E-state index < -0.39 is 12.4 Å². The van der Waals surface area contributed by atoms with E-state index >= 15 is 0 Å². The van der Waals surface area contributed by atoms with Crippen molar-refractivity contribution in [2.75, 3.05) is 6.61 Å². The molecule has 0 spiro atoms. The third-order valence-corrected chi connectivity index (χ3v) is 4.22. The van der Waals surface area contributed by atoms with Crippen LogP contribution in [0.25, 0.3) is 0 Å². The van der Waals surface area contributed by atoms with Gasteiger partial charge in [0.15, 0.2) is 6.29 Å². The minimum absolute atomic E-state index is 0.0903. The summed E-state index contributed by atoms with van der Waals surface area (Å²) in [7, 11) is 0. The number of aliphatic hydroxyl groups excluding tert-OH is 1. The highest BCUT2D eigenvalue weighted by Gasteiger charge is 2.48. The van der Waals surface area contributed by atoms with Crippen molar-refractivity contribution >= 4 is 5.97 Å². The number of rotatable bonds is 4. The van der Waals surface area contributed by atoms with Crippen molar-refractivity contribution < 1.29 is 24.1 Å². The number of ether oxygens (including phenoxy) is 3. The van der Waals surface area contributed by atoms with Gasteiger partial charge in [0.2, 0.25) is 6.29 Å². The smallest absolute Gasteiger partial charge is 0.311 e. The fraction of sp³-hybridized carbons (Fsp3) is 0.786. The summed E-state index contributed by atoms with van der Waals surface area (Å²) < 4.78 is 16.1. The highest BCUT2D eigenvalue weighted by molar-refractivity contribution is 5.74. The van der Waals surface area contributed by atoms with Crippen molar-refractivity contribution in [1.29, 1.82) is 0 Å². The van der Waals surface area contributed by atoms with Crippen LogP contribution in [0.5, 0.6) is 0 Å². The summed E-state index contributed by atoms with van der Waals surface area (Å²) in [6.45, 7) is 2.41. The van der Waals surface area contributed by atoms with E-state index in [-0.39, 0.29) is 30.0 Å². The lowest BCUT2D eigenvalue weighted by Crippen LogP contribution is -2.30. The average Bonchev–Trinajstić information content (AvgIpc) is 3.07. The number of carbonyl (C=O) groups excluding carboxylic acids is 1. The van der Waals surface area contributed by atoms with Gasteiger partial charge in [-0.1, -0.05) is 12.2 Å². The Morgan fingerprint density at radius 2 is 2.32 bits per heavy atom. The van der Waals surface area contributed by atoms with Crippen molar-refractivity contribution in [2.45, 2.75) is 44.9 Å². The molecule has 2 bridgehead atoms. The quantitative estimate of drug-likeness (QED) is 0.471. The molecule has 1 N–H and O–H groups in total. The van der Waals surface area contributed by atoms with E-state index in [9.17, 15) is 9.90 Å². The van der Waals surface area contributed by atoms with Crippen LogP contribution >= 0.6 is 0 Å². The van der Waals surface area contributed by atoms with Crippen LogP contribution in [0.3, 0.4) is 0 Å². The Labute approximate surface area is 112 Å². The molecule has 2 aliphatic carbocycles. The Kier molecular flexibility index (Phi) is 3.60. The topological polar surface area (TPSA) is 65.0 Å². The molecular weight excluding hydrogens is 248 g/mol. The number of hydrogen-bond acceptors (Lipinski definition) is 5. The van der Waals surface area contributed by atoms with Crippen LogP contribution in [-0.2, 0) is 19.0 Å². The van der Waals surface area contributed by atoms with Crippen LogP contribution in [0.15, 0.2) is 12.2 Å². The maximum absolute atomic E-state index is 12.1. The van der Waals surface area contributed by atoms with Gasteiger partial charge in [-0.2, -0.15) is 0 Å². The second kappa shape index (κ2) is 5.23. The van der Waals surface area contributed by atoms with Gasteiger partial charge in [0.25, 0.3) is 0 Å². The standard InChI is InChI=1S/C14H20O5/c1-8(18-12-3-2-6-17-12)19-14(16)11-7-9-4-5-10(11)13(9)15/h4-5,8-13,15H,2-3,6-7H2,1H3. The van der Waals surface area contributed by atoms with Crippen LogP contribution in [-0.4, -0.2) is 36.4 Å². The molecule has 0 radical (unpaired) electrons. The van der Waals surface area contributed by atoms with Crippen molar-refractivity contribution in [3.8, 4) is 0 Å². The van der Waals surface area contributed by atoms with E-state index in [1.54, 1.807) is 6.92 Å². The molecule has 19 heavy (non-hydrogen) atoms.